The summed E-state index contributed by atoms with van der Waals surface area (Å²) in [6.45, 7) is 20.5. The Labute approximate surface area is 340 Å². The first-order chi connectivity index (χ1) is 26.5. The molecular formula is C41H73N5O11. The van der Waals surface area contributed by atoms with Gasteiger partial charge in [0, 0.05) is 46.1 Å². The molecule has 57 heavy (non-hydrogen) atoms. The zero-order valence-electron chi connectivity index (χ0n) is 36.8. The van der Waals surface area contributed by atoms with Gasteiger partial charge in [-0.25, -0.2) is 4.99 Å². The van der Waals surface area contributed by atoms with E-state index >= 15 is 0 Å². The van der Waals surface area contributed by atoms with Gasteiger partial charge in [-0.3, -0.25) is 14.4 Å². The molecule has 4 fully saturated rings. The molecule has 15 atom stereocenters. The molecule has 0 aliphatic carbocycles. The molecule has 16 heteroatoms. The van der Waals surface area contributed by atoms with Crippen molar-refractivity contribution in [3.63, 3.8) is 0 Å². The summed E-state index contributed by atoms with van der Waals surface area (Å²) >= 11 is 0. The molecule has 4 aliphatic rings. The number of nitrogens with one attached hydrogen (secondary N) is 2. The van der Waals surface area contributed by atoms with E-state index in [-0.39, 0.29) is 55.3 Å². The van der Waals surface area contributed by atoms with Gasteiger partial charge in [-0.05, 0) is 72.6 Å². The maximum atomic E-state index is 14.1. The Morgan fingerprint density at radius 3 is 2.28 bits per heavy atom. The highest BCUT2D eigenvalue weighted by atomic mass is 16.7. The minimum Gasteiger partial charge on any atom is -0.454 e. The Kier molecular flexibility index (Phi) is 15.9. The lowest BCUT2D eigenvalue weighted by atomic mass is 9.77. The highest BCUT2D eigenvalue weighted by Crippen LogP contribution is 2.40. The van der Waals surface area contributed by atoms with Crippen LogP contribution in [0.2, 0.25) is 0 Å². The number of carbonyl (C=O) groups excluding carboxylic acids is 3. The van der Waals surface area contributed by atoms with Crippen LogP contribution in [0.25, 0.3) is 0 Å². The van der Waals surface area contributed by atoms with Crippen LogP contribution < -0.4 is 10.6 Å². The zero-order valence-corrected chi connectivity index (χ0v) is 36.8. The predicted molar refractivity (Wildman–Crippen MR) is 213 cm³/mol. The minimum atomic E-state index is -1.57. The van der Waals surface area contributed by atoms with E-state index in [1.165, 1.54) is 7.11 Å². The molecule has 3 amide bonds. The van der Waals surface area contributed by atoms with Crippen molar-refractivity contribution in [2.45, 2.75) is 180 Å². The quantitative estimate of drug-likeness (QED) is 0.281. The number of amides is 3. The van der Waals surface area contributed by atoms with Crippen LogP contribution in [0.3, 0.4) is 0 Å². The fourth-order valence-electron chi connectivity index (χ4n) is 9.07. The number of aliphatic hydroxyl groups is 2. The van der Waals surface area contributed by atoms with Crippen LogP contribution in [0.5, 0.6) is 0 Å². The Balaban J connectivity index is 1.79. The summed E-state index contributed by atoms with van der Waals surface area (Å²) in [4.78, 5) is 49.4. The number of aliphatic imine (C=N–C) groups is 1. The number of nitrogens with zero attached hydrogens (tertiary/aromatic N) is 3. The number of fused-ring (bicyclic) bond motifs is 1. The van der Waals surface area contributed by atoms with E-state index < -0.39 is 84.0 Å². The molecule has 0 radical (unpaired) electrons. The molecule has 3 unspecified atom stereocenters. The smallest absolute Gasteiger partial charge is 0.288 e. The SMILES string of the molecule is CO[C@]1(C)C[C@H](OC2C(C)C(=O)NCC(=O)N[C@@H](CC(C)C)C(=O)N(C)C[C@H](C)C[C@@](C)(O)[C@H](OC3O[C@H](C)C[C@H]4[C@H]3OC(=NC(C)C)N4C)[C@H]2C)O[C@@H](C)[C@@H]1O. The lowest BCUT2D eigenvalue weighted by Crippen LogP contribution is -2.60. The number of carbonyl (C=O) groups is 3. The second-order valence-electron chi connectivity index (χ2n) is 18.4. The normalized spacial score (nSPS) is 42.6. The van der Waals surface area contributed by atoms with Crippen LogP contribution in [0, 0.1) is 23.7 Å². The summed E-state index contributed by atoms with van der Waals surface area (Å²) in [5.74, 6) is -2.98. The highest BCUT2D eigenvalue weighted by molar-refractivity contribution is 5.90. The van der Waals surface area contributed by atoms with Gasteiger partial charge >= 0.3 is 0 Å². The fraction of sp³-hybridized carbons (Fsp3) is 0.902. The monoisotopic (exact) mass is 812 g/mol. The molecule has 4 aliphatic heterocycles. The van der Waals surface area contributed by atoms with Crippen LogP contribution in [0.1, 0.15) is 102 Å². The summed E-state index contributed by atoms with van der Waals surface area (Å²) < 4.78 is 38.6. The van der Waals surface area contributed by atoms with Gasteiger partial charge in [-0.1, -0.05) is 34.6 Å². The third-order valence-corrected chi connectivity index (χ3v) is 12.1. The van der Waals surface area contributed by atoms with Crippen LogP contribution in [-0.4, -0.2) is 157 Å². The van der Waals surface area contributed by atoms with E-state index in [1.54, 1.807) is 39.6 Å². The van der Waals surface area contributed by atoms with E-state index in [1.807, 2.05) is 60.4 Å². The van der Waals surface area contributed by atoms with Gasteiger partial charge in [0.2, 0.25) is 17.7 Å². The van der Waals surface area contributed by atoms with E-state index in [9.17, 15) is 24.6 Å². The minimum absolute atomic E-state index is 0.0104. The Bertz CT molecular complexity index is 1410. The Morgan fingerprint density at radius 1 is 1.00 bits per heavy atom. The van der Waals surface area contributed by atoms with Crippen molar-refractivity contribution in [3.05, 3.63) is 0 Å². The van der Waals surface area contributed by atoms with Crippen molar-refractivity contribution in [1.29, 1.82) is 0 Å². The molecular weight excluding hydrogens is 738 g/mol. The lowest BCUT2D eigenvalue weighted by molar-refractivity contribution is -0.313. The molecule has 4 saturated heterocycles. The number of rotatable bonds is 8. The van der Waals surface area contributed by atoms with Gasteiger partial charge in [0.25, 0.3) is 6.02 Å². The van der Waals surface area contributed by atoms with Crippen molar-refractivity contribution in [2.75, 3.05) is 34.3 Å². The molecule has 0 spiro atoms. The van der Waals surface area contributed by atoms with Crippen LogP contribution >= 0.6 is 0 Å². The molecule has 4 N–H and O–H groups in total. The number of ether oxygens (including phenoxy) is 6. The topological polar surface area (TPSA) is 190 Å². The van der Waals surface area contributed by atoms with Crippen molar-refractivity contribution in [1.82, 2.24) is 20.4 Å². The summed E-state index contributed by atoms with van der Waals surface area (Å²) in [5, 5.41) is 29.3. The average Bonchev–Trinajstić information content (AvgIpc) is 3.41. The predicted octanol–water partition coefficient (Wildman–Crippen LogP) is 2.42. The number of methoxy groups -OCH3 is 1. The number of hydrogen-bond acceptors (Lipinski definition) is 12. The summed E-state index contributed by atoms with van der Waals surface area (Å²) in [6.07, 6.45) is -4.81. The third kappa shape index (κ3) is 11.4. The molecule has 16 nitrogen and oxygen atoms in total. The largest absolute Gasteiger partial charge is 0.454 e. The summed E-state index contributed by atoms with van der Waals surface area (Å²) in [5.41, 5.74) is -2.58. The van der Waals surface area contributed by atoms with Crippen molar-refractivity contribution >= 4 is 23.7 Å². The number of likely N-dealkylation sites (N-methyl/N-ethyl adjacent to an activating group) is 2. The van der Waals surface area contributed by atoms with Gasteiger partial charge < -0.3 is 59.1 Å². The van der Waals surface area contributed by atoms with Crippen LogP contribution in [0.15, 0.2) is 4.99 Å². The second kappa shape index (κ2) is 19.2. The van der Waals surface area contributed by atoms with E-state index in [0.717, 1.165) is 0 Å². The highest BCUT2D eigenvalue weighted by Gasteiger charge is 2.54. The van der Waals surface area contributed by atoms with Gasteiger partial charge in [0.1, 0.15) is 12.1 Å². The van der Waals surface area contributed by atoms with Gasteiger partial charge in [0.05, 0.1) is 54.1 Å². The molecule has 4 heterocycles. The van der Waals surface area contributed by atoms with Crippen LogP contribution in [0.4, 0.5) is 0 Å². The molecule has 0 aromatic heterocycles. The first kappa shape index (κ1) is 47.1. The van der Waals surface area contributed by atoms with Crippen LogP contribution in [-0.2, 0) is 42.8 Å². The third-order valence-electron chi connectivity index (χ3n) is 12.1. The van der Waals surface area contributed by atoms with Gasteiger partial charge in [-0.15, -0.1) is 0 Å². The average molecular weight is 812 g/mol. The number of aliphatic hydroxyl groups excluding tert-OH is 1. The Morgan fingerprint density at radius 2 is 1.67 bits per heavy atom. The molecule has 0 saturated carbocycles. The van der Waals surface area contributed by atoms with E-state index in [2.05, 4.69) is 10.6 Å². The fourth-order valence-corrected chi connectivity index (χ4v) is 9.07. The van der Waals surface area contributed by atoms with E-state index in [4.69, 9.17) is 33.4 Å². The lowest BCUT2D eigenvalue weighted by Gasteiger charge is -2.48. The molecule has 0 aromatic rings. The first-order valence-electron chi connectivity index (χ1n) is 20.8. The number of hydrogen-bond donors (Lipinski definition) is 4. The van der Waals surface area contributed by atoms with E-state index in [0.29, 0.717) is 25.4 Å². The second-order valence-corrected chi connectivity index (χ2v) is 18.4. The molecule has 4 rings (SSSR count). The molecule has 0 bridgehead atoms. The maximum Gasteiger partial charge on any atom is 0.288 e. The summed E-state index contributed by atoms with van der Waals surface area (Å²) in [7, 11) is 5.15. The molecule has 328 valence electrons. The Hall–Kier alpha value is -2.60. The van der Waals surface area contributed by atoms with Crippen molar-refractivity contribution in [3.8, 4) is 0 Å². The van der Waals surface area contributed by atoms with Crippen molar-refractivity contribution < 1.29 is 53.0 Å². The number of amidine groups is 1. The van der Waals surface area contributed by atoms with Gasteiger partial charge in [-0.2, -0.15) is 0 Å². The summed E-state index contributed by atoms with van der Waals surface area (Å²) in [6, 6.07) is -0.432. The standard InChI is InChI=1S/C41H73N5O11/c1-21(2)15-28-37(50)45(12)20-23(5)17-40(10,51)35(57-38-33-29(16-24(6)53-38)46(13)39(56-33)43-22(3)4)25(7)32(26(8)36(49)42-19-30(47)44-28)55-31-18-41(11,52-14)34(48)27(9)54-31/h21-29,31-35,38,48,51H,15-20H2,1-14H3,(H,42,49)(H,44,47)/t23-,24-,25+,26?,27+,28+,29+,31+,32?,33-,34+,35-,38?,40-,41-/m1/s1. The maximum absolute atomic E-state index is 14.1. The molecule has 0 aromatic carbocycles. The van der Waals surface area contributed by atoms with Crippen molar-refractivity contribution in [2.24, 2.45) is 28.7 Å². The zero-order chi connectivity index (χ0) is 42.7. The first-order valence-corrected chi connectivity index (χ1v) is 20.8. The van der Waals surface area contributed by atoms with Gasteiger partial charge in [0.15, 0.2) is 18.7 Å².